The molecule has 4 nitrogen and oxygen atoms in total. The van der Waals surface area contributed by atoms with Crippen molar-refractivity contribution in [1.82, 2.24) is 9.97 Å². The van der Waals surface area contributed by atoms with Crippen molar-refractivity contribution in [2.45, 2.75) is 6.92 Å². The molecule has 0 unspecified atom stereocenters. The van der Waals surface area contributed by atoms with Gasteiger partial charge < -0.3 is 0 Å². The summed E-state index contributed by atoms with van der Waals surface area (Å²) in [7, 11) is 0. The van der Waals surface area contributed by atoms with E-state index < -0.39 is 0 Å². The second kappa shape index (κ2) is 7.68. The van der Waals surface area contributed by atoms with Crippen LogP contribution in [-0.2, 0) is 0 Å². The zero-order valence-electron chi connectivity index (χ0n) is 14.7. The van der Waals surface area contributed by atoms with Gasteiger partial charge in [0.15, 0.2) is 0 Å². The zero-order chi connectivity index (χ0) is 18.6. The second-order valence-electron chi connectivity index (χ2n) is 6.21. The van der Waals surface area contributed by atoms with E-state index in [9.17, 15) is 0 Å². The number of fused-ring (bicyclic) bond motifs is 1. The lowest BCUT2D eigenvalue weighted by Gasteiger charge is -2.09. The van der Waals surface area contributed by atoms with Gasteiger partial charge in [0.1, 0.15) is 0 Å². The first-order chi connectivity index (χ1) is 13.2. The third kappa shape index (κ3) is 4.04. The number of nitrogens with zero attached hydrogens (tertiary/aromatic N) is 3. The third-order valence-electron chi connectivity index (χ3n) is 4.13. The molecule has 4 rings (SSSR count). The number of hydrazone groups is 1. The number of halogens is 1. The van der Waals surface area contributed by atoms with E-state index in [0.717, 1.165) is 32.2 Å². The van der Waals surface area contributed by atoms with Crippen LogP contribution in [0.2, 0.25) is 0 Å². The predicted octanol–water partition coefficient (Wildman–Crippen LogP) is 5.81. The minimum Gasteiger partial charge on any atom is -0.245 e. The number of benzene rings is 3. The number of aromatic nitrogens is 2. The predicted molar refractivity (Wildman–Crippen MR) is 115 cm³/mol. The van der Waals surface area contributed by atoms with Gasteiger partial charge in [-0.3, -0.25) is 0 Å². The molecule has 0 saturated carbocycles. The van der Waals surface area contributed by atoms with Gasteiger partial charge in [0, 0.05) is 15.4 Å². The Morgan fingerprint density at radius 1 is 0.926 bits per heavy atom. The van der Waals surface area contributed by atoms with Crippen LogP contribution in [0.5, 0.6) is 0 Å². The van der Waals surface area contributed by atoms with Gasteiger partial charge in [0.05, 0.1) is 17.4 Å². The van der Waals surface area contributed by atoms with E-state index in [1.54, 1.807) is 6.21 Å². The van der Waals surface area contributed by atoms with Crippen LogP contribution in [0.3, 0.4) is 0 Å². The number of nitrogens with one attached hydrogen (secondary N) is 1. The fourth-order valence-electron chi connectivity index (χ4n) is 2.86. The first-order valence-corrected chi connectivity index (χ1v) is 9.37. The SMILES string of the molecule is Cc1ccc2nc(N/N=C\c3cccc(Br)c3)nc(-c3ccccc3)c2c1. The third-order valence-corrected chi connectivity index (χ3v) is 4.62. The van der Waals surface area contributed by atoms with Crippen LogP contribution >= 0.6 is 15.9 Å². The molecule has 1 heterocycles. The van der Waals surface area contributed by atoms with E-state index in [1.165, 1.54) is 5.56 Å². The summed E-state index contributed by atoms with van der Waals surface area (Å²) >= 11 is 3.46. The Balaban J connectivity index is 1.72. The normalized spacial score (nSPS) is 11.2. The molecule has 1 N–H and O–H groups in total. The zero-order valence-corrected chi connectivity index (χ0v) is 16.3. The van der Waals surface area contributed by atoms with Crippen molar-refractivity contribution in [3.8, 4) is 11.3 Å². The smallest absolute Gasteiger partial charge is 0.244 e. The van der Waals surface area contributed by atoms with Crippen LogP contribution in [0.15, 0.2) is 82.4 Å². The van der Waals surface area contributed by atoms with Gasteiger partial charge in [-0.25, -0.2) is 15.4 Å². The maximum absolute atomic E-state index is 4.72. The molecule has 4 aromatic rings. The van der Waals surface area contributed by atoms with Crippen LogP contribution in [0.1, 0.15) is 11.1 Å². The molecule has 0 spiro atoms. The van der Waals surface area contributed by atoms with Gasteiger partial charge in [0.2, 0.25) is 5.95 Å². The molecule has 0 bridgehead atoms. The van der Waals surface area contributed by atoms with Gasteiger partial charge in [-0.2, -0.15) is 5.10 Å². The Labute approximate surface area is 166 Å². The Hall–Kier alpha value is -3.05. The highest BCUT2D eigenvalue weighted by Gasteiger charge is 2.09. The molecular formula is C22H17BrN4. The lowest BCUT2D eigenvalue weighted by atomic mass is 10.0. The van der Waals surface area contributed by atoms with Gasteiger partial charge in [-0.05, 0) is 36.8 Å². The Bertz CT molecular complexity index is 1120. The van der Waals surface area contributed by atoms with Crippen LogP contribution in [0.4, 0.5) is 5.95 Å². The van der Waals surface area contributed by atoms with E-state index in [0.29, 0.717) is 5.95 Å². The number of rotatable bonds is 4. The first-order valence-electron chi connectivity index (χ1n) is 8.57. The highest BCUT2D eigenvalue weighted by atomic mass is 79.9. The lowest BCUT2D eigenvalue weighted by Crippen LogP contribution is -2.00. The summed E-state index contributed by atoms with van der Waals surface area (Å²) in [6.07, 6.45) is 1.75. The lowest BCUT2D eigenvalue weighted by molar-refractivity contribution is 1.15. The number of aryl methyl sites for hydroxylation is 1. The van der Waals surface area contributed by atoms with Crippen molar-refractivity contribution in [1.29, 1.82) is 0 Å². The summed E-state index contributed by atoms with van der Waals surface area (Å²) in [6, 6.07) is 24.2. The number of anilines is 1. The van der Waals surface area contributed by atoms with Crippen molar-refractivity contribution < 1.29 is 0 Å². The summed E-state index contributed by atoms with van der Waals surface area (Å²) in [5.41, 5.74) is 7.95. The average molecular weight is 417 g/mol. The maximum atomic E-state index is 4.72. The van der Waals surface area contributed by atoms with Crippen LogP contribution in [0.25, 0.3) is 22.2 Å². The molecule has 3 aromatic carbocycles. The van der Waals surface area contributed by atoms with Gasteiger partial charge in [-0.15, -0.1) is 0 Å². The van der Waals surface area contributed by atoms with Gasteiger partial charge >= 0.3 is 0 Å². The van der Waals surface area contributed by atoms with Crippen molar-refractivity contribution in [2.24, 2.45) is 5.10 Å². The molecule has 0 aliphatic rings. The van der Waals surface area contributed by atoms with Crippen molar-refractivity contribution in [2.75, 3.05) is 5.43 Å². The molecule has 0 aliphatic heterocycles. The topological polar surface area (TPSA) is 50.2 Å². The van der Waals surface area contributed by atoms with Crippen LogP contribution in [-0.4, -0.2) is 16.2 Å². The van der Waals surface area contributed by atoms with Crippen molar-refractivity contribution >= 4 is 39.0 Å². The van der Waals surface area contributed by atoms with E-state index in [1.807, 2.05) is 48.5 Å². The molecule has 27 heavy (non-hydrogen) atoms. The van der Waals surface area contributed by atoms with Crippen molar-refractivity contribution in [3.05, 3.63) is 88.4 Å². The standard InChI is InChI=1S/C22H17BrN4/c1-15-10-11-20-19(12-15)21(17-7-3-2-4-8-17)26-22(25-20)27-24-14-16-6-5-9-18(23)13-16/h2-14H,1H3,(H,25,26,27)/b24-14-. The first kappa shape index (κ1) is 17.4. The largest absolute Gasteiger partial charge is 0.245 e. The summed E-state index contributed by atoms with van der Waals surface area (Å²) in [5.74, 6) is 0.469. The Morgan fingerprint density at radius 2 is 1.78 bits per heavy atom. The summed E-state index contributed by atoms with van der Waals surface area (Å²) in [6.45, 7) is 2.07. The Kier molecular flexibility index (Phi) is 4.94. The highest BCUT2D eigenvalue weighted by molar-refractivity contribution is 9.10. The Morgan fingerprint density at radius 3 is 2.59 bits per heavy atom. The summed E-state index contributed by atoms with van der Waals surface area (Å²) < 4.78 is 1.01. The van der Waals surface area contributed by atoms with Gasteiger partial charge in [-0.1, -0.05) is 70.0 Å². The quantitative estimate of drug-likeness (QED) is 0.337. The second-order valence-corrected chi connectivity index (χ2v) is 7.12. The van der Waals surface area contributed by atoms with E-state index in [-0.39, 0.29) is 0 Å². The molecular weight excluding hydrogens is 400 g/mol. The highest BCUT2D eigenvalue weighted by Crippen LogP contribution is 2.28. The summed E-state index contributed by atoms with van der Waals surface area (Å²) in [5, 5.41) is 5.32. The number of hydrogen-bond donors (Lipinski definition) is 1. The summed E-state index contributed by atoms with van der Waals surface area (Å²) in [4.78, 5) is 9.32. The van der Waals surface area contributed by atoms with Crippen LogP contribution < -0.4 is 5.43 Å². The average Bonchev–Trinajstić information content (AvgIpc) is 2.68. The van der Waals surface area contributed by atoms with Gasteiger partial charge in [0.25, 0.3) is 0 Å². The minimum absolute atomic E-state index is 0.469. The van der Waals surface area contributed by atoms with E-state index >= 15 is 0 Å². The van der Waals surface area contributed by atoms with E-state index in [2.05, 4.69) is 62.6 Å². The molecule has 5 heteroatoms. The molecule has 0 radical (unpaired) electrons. The molecule has 0 saturated heterocycles. The van der Waals surface area contributed by atoms with Crippen molar-refractivity contribution in [3.63, 3.8) is 0 Å². The monoisotopic (exact) mass is 416 g/mol. The maximum Gasteiger partial charge on any atom is 0.244 e. The minimum atomic E-state index is 0.469. The fourth-order valence-corrected chi connectivity index (χ4v) is 3.28. The molecule has 0 aliphatic carbocycles. The molecule has 0 fully saturated rings. The molecule has 0 amide bonds. The fraction of sp³-hybridized carbons (Fsp3) is 0.0455. The van der Waals surface area contributed by atoms with E-state index in [4.69, 9.17) is 4.98 Å². The molecule has 0 atom stereocenters. The number of hydrogen-bond acceptors (Lipinski definition) is 4. The van der Waals surface area contributed by atoms with Crippen LogP contribution in [0, 0.1) is 6.92 Å². The molecule has 1 aromatic heterocycles. The molecule has 132 valence electrons.